The maximum absolute atomic E-state index is 12.1. The Morgan fingerprint density at radius 1 is 0.909 bits per heavy atom. The van der Waals surface area contributed by atoms with Crippen molar-refractivity contribution in [3.63, 3.8) is 0 Å². The minimum atomic E-state index is -0.790. The van der Waals surface area contributed by atoms with E-state index in [1.54, 1.807) is 0 Å². The van der Waals surface area contributed by atoms with Crippen LogP contribution >= 0.6 is 0 Å². The number of hydrogen-bond donors (Lipinski definition) is 2. The summed E-state index contributed by atoms with van der Waals surface area (Å²) in [5.41, 5.74) is 1.49. The Hall–Kier alpha value is -2.65. The Morgan fingerprint density at radius 2 is 1.59 bits per heavy atom. The van der Waals surface area contributed by atoms with Crippen molar-refractivity contribution in [2.24, 2.45) is 0 Å². The number of hydrogen-bond acceptors (Lipinski definition) is 2. The number of rotatable bonds is 4. The number of fused-ring (bicyclic) bond motifs is 1. The normalized spacial score (nSPS) is 12.0. The first-order valence-electron chi connectivity index (χ1n) is 7.24. The standard InChI is InChI=1S/C19H17NO2/c21-18(15-7-2-1-3-8-15)13-19(22)20-17-11-10-14-6-4-5-9-16(14)12-17/h1-12,18,21H,13H2,(H,20,22). The van der Waals surface area contributed by atoms with E-state index >= 15 is 0 Å². The summed E-state index contributed by atoms with van der Waals surface area (Å²) < 4.78 is 0. The fourth-order valence-electron chi connectivity index (χ4n) is 2.45. The molecule has 3 rings (SSSR count). The van der Waals surface area contributed by atoms with Crippen LogP contribution in [0.15, 0.2) is 72.8 Å². The molecule has 0 radical (unpaired) electrons. The molecule has 110 valence electrons. The van der Waals surface area contributed by atoms with Crippen LogP contribution in [-0.2, 0) is 4.79 Å². The first-order valence-corrected chi connectivity index (χ1v) is 7.24. The second-order valence-corrected chi connectivity index (χ2v) is 5.24. The molecule has 2 N–H and O–H groups in total. The molecule has 0 fully saturated rings. The highest BCUT2D eigenvalue weighted by Gasteiger charge is 2.12. The molecule has 0 heterocycles. The van der Waals surface area contributed by atoms with Gasteiger partial charge in [-0.3, -0.25) is 4.79 Å². The zero-order valence-corrected chi connectivity index (χ0v) is 12.1. The van der Waals surface area contributed by atoms with Crippen LogP contribution in [0.25, 0.3) is 10.8 Å². The van der Waals surface area contributed by atoms with Gasteiger partial charge >= 0.3 is 0 Å². The highest BCUT2D eigenvalue weighted by atomic mass is 16.3. The van der Waals surface area contributed by atoms with Crippen LogP contribution in [0.4, 0.5) is 5.69 Å². The lowest BCUT2D eigenvalue weighted by Gasteiger charge is -2.11. The van der Waals surface area contributed by atoms with E-state index in [0.717, 1.165) is 22.0 Å². The Kier molecular flexibility index (Phi) is 4.17. The first-order chi connectivity index (χ1) is 10.7. The SMILES string of the molecule is O=C(CC(O)c1ccccc1)Nc1ccc2ccccc2c1. The van der Waals surface area contributed by atoms with Crippen molar-refractivity contribution >= 4 is 22.4 Å². The third-order valence-electron chi connectivity index (χ3n) is 3.60. The van der Waals surface area contributed by atoms with Gasteiger partial charge in [0.05, 0.1) is 12.5 Å². The molecule has 3 heteroatoms. The minimum absolute atomic E-state index is 0.0385. The second kappa shape index (κ2) is 6.41. The van der Waals surface area contributed by atoms with Gasteiger partial charge in [-0.1, -0.05) is 60.7 Å². The molecule has 1 unspecified atom stereocenters. The molecule has 22 heavy (non-hydrogen) atoms. The van der Waals surface area contributed by atoms with Crippen LogP contribution in [0.3, 0.4) is 0 Å². The van der Waals surface area contributed by atoms with E-state index in [9.17, 15) is 9.90 Å². The quantitative estimate of drug-likeness (QED) is 0.766. The monoisotopic (exact) mass is 291 g/mol. The molecule has 0 saturated carbocycles. The predicted octanol–water partition coefficient (Wildman–Crippen LogP) is 3.90. The fraction of sp³-hybridized carbons (Fsp3) is 0.105. The number of amides is 1. The van der Waals surface area contributed by atoms with Crippen LogP contribution in [0, 0.1) is 0 Å². The molecule has 1 amide bonds. The average molecular weight is 291 g/mol. The van der Waals surface area contributed by atoms with E-state index < -0.39 is 6.10 Å². The summed E-state index contributed by atoms with van der Waals surface area (Å²) in [5.74, 6) is -0.202. The van der Waals surface area contributed by atoms with Gasteiger partial charge in [-0.05, 0) is 28.5 Å². The van der Waals surface area contributed by atoms with E-state index in [0.29, 0.717) is 0 Å². The van der Waals surface area contributed by atoms with Crippen molar-refractivity contribution in [3.05, 3.63) is 78.4 Å². The van der Waals surface area contributed by atoms with Gasteiger partial charge in [0.1, 0.15) is 0 Å². The van der Waals surface area contributed by atoms with Gasteiger partial charge < -0.3 is 10.4 Å². The van der Waals surface area contributed by atoms with Crippen molar-refractivity contribution in [2.75, 3.05) is 5.32 Å². The number of nitrogens with one attached hydrogen (secondary N) is 1. The molecule has 0 aliphatic rings. The highest BCUT2D eigenvalue weighted by Crippen LogP contribution is 2.20. The molecule has 3 aromatic carbocycles. The van der Waals surface area contributed by atoms with Crippen LogP contribution in [-0.4, -0.2) is 11.0 Å². The summed E-state index contributed by atoms with van der Waals surface area (Å²) in [7, 11) is 0. The van der Waals surface area contributed by atoms with Gasteiger partial charge in [0.2, 0.25) is 5.91 Å². The summed E-state index contributed by atoms with van der Waals surface area (Å²) >= 11 is 0. The summed E-state index contributed by atoms with van der Waals surface area (Å²) in [6, 6.07) is 23.0. The van der Waals surface area contributed by atoms with Gasteiger partial charge in [-0.15, -0.1) is 0 Å². The third-order valence-corrected chi connectivity index (χ3v) is 3.60. The Bertz CT molecular complexity index is 784. The molecule has 1 atom stereocenters. The van der Waals surface area contributed by atoms with Crippen LogP contribution in [0.2, 0.25) is 0 Å². The van der Waals surface area contributed by atoms with Crippen molar-refractivity contribution in [1.29, 1.82) is 0 Å². The smallest absolute Gasteiger partial charge is 0.227 e. The minimum Gasteiger partial charge on any atom is -0.388 e. The Labute approximate surface area is 129 Å². The molecule has 0 saturated heterocycles. The van der Waals surface area contributed by atoms with Crippen LogP contribution < -0.4 is 5.32 Å². The van der Waals surface area contributed by atoms with E-state index in [4.69, 9.17) is 0 Å². The van der Waals surface area contributed by atoms with Crippen molar-refractivity contribution < 1.29 is 9.90 Å². The number of anilines is 1. The van der Waals surface area contributed by atoms with Gasteiger partial charge in [0.15, 0.2) is 0 Å². The maximum Gasteiger partial charge on any atom is 0.227 e. The zero-order valence-electron chi connectivity index (χ0n) is 12.1. The largest absolute Gasteiger partial charge is 0.388 e. The number of benzene rings is 3. The lowest BCUT2D eigenvalue weighted by Crippen LogP contribution is -2.15. The molecule has 0 aliphatic heterocycles. The van der Waals surface area contributed by atoms with Crippen molar-refractivity contribution in [3.8, 4) is 0 Å². The molecule has 0 spiro atoms. The topological polar surface area (TPSA) is 49.3 Å². The molecule has 0 bridgehead atoms. The van der Waals surface area contributed by atoms with Crippen molar-refractivity contribution in [1.82, 2.24) is 0 Å². The van der Waals surface area contributed by atoms with Gasteiger partial charge in [-0.2, -0.15) is 0 Å². The highest BCUT2D eigenvalue weighted by molar-refractivity contribution is 5.94. The number of carbonyl (C=O) groups excluding carboxylic acids is 1. The van der Waals surface area contributed by atoms with Crippen LogP contribution in [0.1, 0.15) is 18.1 Å². The lowest BCUT2D eigenvalue weighted by atomic mass is 10.1. The predicted molar refractivity (Wildman–Crippen MR) is 88.6 cm³/mol. The van der Waals surface area contributed by atoms with Crippen molar-refractivity contribution in [2.45, 2.75) is 12.5 Å². The Balaban J connectivity index is 1.68. The van der Waals surface area contributed by atoms with E-state index in [2.05, 4.69) is 5.32 Å². The summed E-state index contributed by atoms with van der Waals surface area (Å²) in [5, 5.41) is 15.1. The van der Waals surface area contributed by atoms with Gasteiger partial charge in [0, 0.05) is 5.69 Å². The number of aliphatic hydroxyl groups excluding tert-OH is 1. The fourth-order valence-corrected chi connectivity index (χ4v) is 2.45. The molecule has 0 aromatic heterocycles. The molecule has 0 aliphatic carbocycles. The summed E-state index contributed by atoms with van der Waals surface area (Å²) in [6.07, 6.45) is -0.752. The number of aliphatic hydroxyl groups is 1. The maximum atomic E-state index is 12.1. The van der Waals surface area contributed by atoms with E-state index in [-0.39, 0.29) is 12.3 Å². The second-order valence-electron chi connectivity index (χ2n) is 5.24. The molecule has 3 nitrogen and oxygen atoms in total. The Morgan fingerprint density at radius 3 is 2.36 bits per heavy atom. The van der Waals surface area contributed by atoms with E-state index in [1.165, 1.54) is 0 Å². The third kappa shape index (κ3) is 3.32. The van der Waals surface area contributed by atoms with Gasteiger partial charge in [-0.25, -0.2) is 0 Å². The lowest BCUT2D eigenvalue weighted by molar-refractivity contribution is -0.118. The van der Waals surface area contributed by atoms with E-state index in [1.807, 2.05) is 72.8 Å². The van der Waals surface area contributed by atoms with Crippen LogP contribution in [0.5, 0.6) is 0 Å². The summed E-state index contributed by atoms with van der Waals surface area (Å²) in [4.78, 5) is 12.1. The summed E-state index contributed by atoms with van der Waals surface area (Å²) in [6.45, 7) is 0. The molecular weight excluding hydrogens is 274 g/mol. The first kappa shape index (κ1) is 14.3. The molecular formula is C19H17NO2. The average Bonchev–Trinajstić information content (AvgIpc) is 2.55. The molecule has 3 aromatic rings. The van der Waals surface area contributed by atoms with Gasteiger partial charge in [0.25, 0.3) is 0 Å². The zero-order chi connectivity index (χ0) is 15.4. The number of carbonyl (C=O) groups is 1.